The van der Waals surface area contributed by atoms with Gasteiger partial charge in [0, 0.05) is 8.95 Å². The van der Waals surface area contributed by atoms with Gasteiger partial charge in [0.1, 0.15) is 5.52 Å². The lowest BCUT2D eigenvalue weighted by Gasteiger charge is -2.03. The zero-order valence-electron chi connectivity index (χ0n) is 8.11. The topological polar surface area (TPSA) is 25.8 Å². The van der Waals surface area contributed by atoms with Crippen LogP contribution in [0.5, 0.6) is 0 Å². The Labute approximate surface area is 109 Å². The highest BCUT2D eigenvalue weighted by atomic mass is 79.9. The molecule has 0 aliphatic heterocycles. The van der Waals surface area contributed by atoms with Crippen molar-refractivity contribution in [2.45, 2.75) is 0 Å². The minimum atomic E-state index is 0.889. The number of halogens is 2. The van der Waals surface area contributed by atoms with Crippen LogP contribution in [0.15, 0.2) is 45.3 Å². The van der Waals surface area contributed by atoms with Gasteiger partial charge in [-0.25, -0.2) is 9.97 Å². The van der Waals surface area contributed by atoms with Crippen LogP contribution in [0, 0.1) is 0 Å². The maximum Gasteiger partial charge on any atom is 0.104 e. The number of benzene rings is 2. The first-order valence-corrected chi connectivity index (χ1v) is 6.34. The lowest BCUT2D eigenvalue weighted by atomic mass is 10.2. The molecule has 3 rings (SSSR count). The van der Waals surface area contributed by atoms with Crippen LogP contribution in [0.1, 0.15) is 0 Å². The van der Waals surface area contributed by atoms with Gasteiger partial charge in [-0.15, -0.1) is 0 Å². The Morgan fingerprint density at radius 2 is 1.50 bits per heavy atom. The molecule has 0 spiro atoms. The lowest BCUT2D eigenvalue weighted by molar-refractivity contribution is 1.38. The van der Waals surface area contributed by atoms with Crippen LogP contribution < -0.4 is 0 Å². The van der Waals surface area contributed by atoms with Crippen LogP contribution in [0.25, 0.3) is 22.1 Å². The van der Waals surface area contributed by atoms with E-state index in [2.05, 4.69) is 41.8 Å². The van der Waals surface area contributed by atoms with E-state index in [0.717, 1.165) is 31.0 Å². The van der Waals surface area contributed by atoms with E-state index < -0.39 is 0 Å². The van der Waals surface area contributed by atoms with E-state index in [-0.39, 0.29) is 0 Å². The molecule has 2 nitrogen and oxygen atoms in total. The van der Waals surface area contributed by atoms with Gasteiger partial charge in [-0.1, -0.05) is 28.1 Å². The molecule has 78 valence electrons. The average molecular weight is 338 g/mol. The molecular formula is C12H6Br2N2. The fourth-order valence-corrected chi connectivity index (χ4v) is 2.94. The molecule has 0 amide bonds. The molecule has 0 atom stereocenters. The van der Waals surface area contributed by atoms with Gasteiger partial charge in [0.2, 0.25) is 0 Å². The first-order valence-electron chi connectivity index (χ1n) is 4.75. The minimum absolute atomic E-state index is 0.889. The molecule has 0 aliphatic carbocycles. The average Bonchev–Trinajstić information content (AvgIpc) is 2.27. The maximum absolute atomic E-state index is 4.59. The molecule has 0 saturated heterocycles. The highest BCUT2D eigenvalue weighted by Gasteiger charge is 2.05. The van der Waals surface area contributed by atoms with Crippen molar-refractivity contribution in [2.24, 2.45) is 0 Å². The number of hydrogen-bond donors (Lipinski definition) is 0. The Balaban J connectivity index is 2.51. The molecule has 16 heavy (non-hydrogen) atoms. The van der Waals surface area contributed by atoms with Crippen molar-refractivity contribution >= 4 is 53.9 Å². The monoisotopic (exact) mass is 336 g/mol. The number of hydrogen-bond acceptors (Lipinski definition) is 2. The number of aromatic nitrogens is 2. The lowest BCUT2D eigenvalue weighted by Crippen LogP contribution is -1.88. The summed E-state index contributed by atoms with van der Waals surface area (Å²) in [6.45, 7) is 0. The van der Waals surface area contributed by atoms with Gasteiger partial charge in [0.15, 0.2) is 0 Å². The zero-order chi connectivity index (χ0) is 11.1. The summed E-state index contributed by atoms with van der Waals surface area (Å²) in [7, 11) is 0. The summed E-state index contributed by atoms with van der Waals surface area (Å²) in [6, 6.07) is 11.8. The van der Waals surface area contributed by atoms with E-state index in [1.807, 2.05) is 36.4 Å². The third kappa shape index (κ3) is 1.62. The van der Waals surface area contributed by atoms with Crippen molar-refractivity contribution in [3.63, 3.8) is 0 Å². The second-order valence-corrected chi connectivity index (χ2v) is 5.24. The molecular weight excluding hydrogens is 332 g/mol. The molecule has 3 aromatic rings. The van der Waals surface area contributed by atoms with Gasteiger partial charge >= 0.3 is 0 Å². The van der Waals surface area contributed by atoms with Gasteiger partial charge < -0.3 is 0 Å². The van der Waals surface area contributed by atoms with Crippen LogP contribution in [0.2, 0.25) is 0 Å². The summed E-state index contributed by atoms with van der Waals surface area (Å²) in [5, 5.41) is 0. The Bertz CT molecular complexity index is 695. The maximum atomic E-state index is 4.59. The molecule has 4 heteroatoms. The van der Waals surface area contributed by atoms with Crippen molar-refractivity contribution in [2.75, 3.05) is 0 Å². The Morgan fingerprint density at radius 3 is 2.25 bits per heavy atom. The molecule has 0 radical (unpaired) electrons. The van der Waals surface area contributed by atoms with Gasteiger partial charge in [0.25, 0.3) is 0 Å². The van der Waals surface area contributed by atoms with Gasteiger partial charge in [-0.2, -0.15) is 0 Å². The fourth-order valence-electron chi connectivity index (χ4n) is 1.65. The third-order valence-corrected chi connectivity index (χ3v) is 3.43. The van der Waals surface area contributed by atoms with Crippen molar-refractivity contribution in [3.05, 3.63) is 45.3 Å². The van der Waals surface area contributed by atoms with Gasteiger partial charge in [-0.3, -0.25) is 0 Å². The fraction of sp³-hybridized carbons (Fsp3) is 0. The predicted octanol–water partition coefficient (Wildman–Crippen LogP) is 4.31. The molecule has 0 fully saturated rings. The quantitative estimate of drug-likeness (QED) is 0.571. The van der Waals surface area contributed by atoms with E-state index in [0.29, 0.717) is 0 Å². The Morgan fingerprint density at radius 1 is 0.812 bits per heavy atom. The molecule has 0 unspecified atom stereocenters. The summed E-state index contributed by atoms with van der Waals surface area (Å²) in [6.07, 6.45) is 0. The standard InChI is InChI=1S/C12H6Br2N2/c13-7-5-8(14)12-11(6-7)15-9-3-1-2-4-10(9)16-12/h1-6H. The minimum Gasteiger partial charge on any atom is -0.244 e. The molecule has 0 bridgehead atoms. The number of para-hydroxylation sites is 2. The van der Waals surface area contributed by atoms with Crippen molar-refractivity contribution in [1.29, 1.82) is 0 Å². The van der Waals surface area contributed by atoms with Crippen LogP contribution in [-0.4, -0.2) is 9.97 Å². The molecule has 0 saturated carbocycles. The highest BCUT2D eigenvalue weighted by Crippen LogP contribution is 2.27. The number of rotatable bonds is 0. The zero-order valence-corrected chi connectivity index (χ0v) is 11.3. The molecule has 0 aliphatic rings. The first-order chi connectivity index (χ1) is 7.74. The SMILES string of the molecule is Brc1cc(Br)c2nc3ccccc3nc2c1. The summed E-state index contributed by atoms with van der Waals surface area (Å²) in [4.78, 5) is 9.16. The van der Waals surface area contributed by atoms with E-state index in [1.54, 1.807) is 0 Å². The van der Waals surface area contributed by atoms with E-state index in [1.165, 1.54) is 0 Å². The molecule has 2 aromatic carbocycles. The predicted molar refractivity (Wildman–Crippen MR) is 72.4 cm³/mol. The van der Waals surface area contributed by atoms with Gasteiger partial charge in [0.05, 0.1) is 16.6 Å². The van der Waals surface area contributed by atoms with Crippen LogP contribution >= 0.6 is 31.9 Å². The van der Waals surface area contributed by atoms with E-state index in [9.17, 15) is 0 Å². The summed E-state index contributed by atoms with van der Waals surface area (Å²) in [5.41, 5.74) is 3.61. The van der Waals surface area contributed by atoms with E-state index >= 15 is 0 Å². The highest BCUT2D eigenvalue weighted by molar-refractivity contribution is 9.11. The second kappa shape index (κ2) is 3.79. The van der Waals surface area contributed by atoms with Crippen LogP contribution in [0.4, 0.5) is 0 Å². The summed E-state index contributed by atoms with van der Waals surface area (Å²) < 4.78 is 1.95. The normalized spacial score (nSPS) is 11.1. The van der Waals surface area contributed by atoms with E-state index in [4.69, 9.17) is 0 Å². The summed E-state index contributed by atoms with van der Waals surface area (Å²) in [5.74, 6) is 0. The number of nitrogens with zero attached hydrogens (tertiary/aromatic N) is 2. The second-order valence-electron chi connectivity index (χ2n) is 3.47. The Kier molecular flexibility index (Phi) is 2.41. The summed E-state index contributed by atoms with van der Waals surface area (Å²) >= 11 is 6.95. The van der Waals surface area contributed by atoms with Gasteiger partial charge in [-0.05, 0) is 40.2 Å². The largest absolute Gasteiger partial charge is 0.244 e. The van der Waals surface area contributed by atoms with Crippen molar-refractivity contribution < 1.29 is 0 Å². The Hall–Kier alpha value is -1.00. The van der Waals surface area contributed by atoms with Crippen molar-refractivity contribution in [1.82, 2.24) is 9.97 Å². The van der Waals surface area contributed by atoms with Crippen LogP contribution in [-0.2, 0) is 0 Å². The van der Waals surface area contributed by atoms with Crippen LogP contribution in [0.3, 0.4) is 0 Å². The smallest absolute Gasteiger partial charge is 0.104 e. The third-order valence-electron chi connectivity index (χ3n) is 2.36. The first kappa shape index (κ1) is 10.2. The molecule has 1 aromatic heterocycles. The molecule has 0 N–H and O–H groups in total. The number of fused-ring (bicyclic) bond motifs is 2. The molecule has 1 heterocycles. The van der Waals surface area contributed by atoms with Crippen molar-refractivity contribution in [3.8, 4) is 0 Å².